The zero-order valence-electron chi connectivity index (χ0n) is 17.1. The molecule has 0 aliphatic heterocycles. The molecule has 0 spiro atoms. The summed E-state index contributed by atoms with van der Waals surface area (Å²) in [6.07, 6.45) is 9.45. The van der Waals surface area contributed by atoms with Gasteiger partial charge in [-0.1, -0.05) is 53.1 Å². The predicted molar refractivity (Wildman–Crippen MR) is 121 cm³/mol. The molecular formula is C25H27ClO3. The van der Waals surface area contributed by atoms with Gasteiger partial charge in [-0.2, -0.15) is 0 Å². The van der Waals surface area contributed by atoms with Crippen molar-refractivity contribution in [2.24, 2.45) is 0 Å². The zero-order chi connectivity index (χ0) is 21.4. The van der Waals surface area contributed by atoms with Crippen molar-refractivity contribution in [2.75, 3.05) is 0 Å². The molecule has 0 saturated heterocycles. The Bertz CT molecular complexity index is 947. The maximum atomic E-state index is 12.5. The largest absolute Gasteiger partial charge is 0.508 e. The van der Waals surface area contributed by atoms with Gasteiger partial charge in [0.25, 0.3) is 0 Å². The molecule has 0 radical (unpaired) electrons. The SMILES string of the molecule is CC(C)=CCCC(C)=CCc1c(O)ccc(C(=O)C=Cc2ccc(Cl)cc2)c1O. The predicted octanol–water partition coefficient (Wildman–Crippen LogP) is 6.88. The van der Waals surface area contributed by atoms with Crippen molar-refractivity contribution in [2.45, 2.75) is 40.0 Å². The van der Waals surface area contributed by atoms with Gasteiger partial charge in [-0.25, -0.2) is 0 Å². The summed E-state index contributed by atoms with van der Waals surface area (Å²) in [7, 11) is 0. The minimum atomic E-state index is -0.331. The van der Waals surface area contributed by atoms with Crippen molar-refractivity contribution in [1.82, 2.24) is 0 Å². The lowest BCUT2D eigenvalue weighted by atomic mass is 9.99. The van der Waals surface area contributed by atoms with Gasteiger partial charge in [0.05, 0.1) is 5.56 Å². The van der Waals surface area contributed by atoms with Crippen molar-refractivity contribution in [3.8, 4) is 11.5 Å². The first-order valence-corrected chi connectivity index (χ1v) is 9.96. The maximum Gasteiger partial charge on any atom is 0.189 e. The summed E-state index contributed by atoms with van der Waals surface area (Å²) in [4.78, 5) is 12.5. The topological polar surface area (TPSA) is 57.5 Å². The van der Waals surface area contributed by atoms with Crippen LogP contribution in [0.2, 0.25) is 5.02 Å². The van der Waals surface area contributed by atoms with Crippen molar-refractivity contribution in [3.05, 3.63) is 87.5 Å². The summed E-state index contributed by atoms with van der Waals surface area (Å²) in [5.74, 6) is -0.527. The van der Waals surface area contributed by atoms with Gasteiger partial charge in [-0.05, 0) is 75.9 Å². The summed E-state index contributed by atoms with van der Waals surface area (Å²) in [6, 6.07) is 9.98. The second-order valence-electron chi connectivity index (χ2n) is 7.28. The van der Waals surface area contributed by atoms with Crippen LogP contribution >= 0.6 is 11.6 Å². The number of hydrogen-bond acceptors (Lipinski definition) is 3. The van der Waals surface area contributed by atoms with E-state index in [4.69, 9.17) is 11.6 Å². The molecule has 0 amide bonds. The number of halogens is 1. The molecule has 29 heavy (non-hydrogen) atoms. The van der Waals surface area contributed by atoms with Gasteiger partial charge in [-0.3, -0.25) is 4.79 Å². The molecular weight excluding hydrogens is 384 g/mol. The Morgan fingerprint density at radius 1 is 1.00 bits per heavy atom. The van der Waals surface area contributed by atoms with E-state index in [0.717, 1.165) is 18.4 Å². The van der Waals surface area contributed by atoms with Crippen LogP contribution in [0.1, 0.15) is 55.1 Å². The molecule has 2 aromatic rings. The van der Waals surface area contributed by atoms with Gasteiger partial charge in [0.1, 0.15) is 11.5 Å². The Labute approximate surface area is 177 Å². The highest BCUT2D eigenvalue weighted by Crippen LogP contribution is 2.32. The molecule has 0 aliphatic rings. The summed E-state index contributed by atoms with van der Waals surface area (Å²) in [5.41, 5.74) is 3.80. The molecule has 0 unspecified atom stereocenters. The van der Waals surface area contributed by atoms with E-state index in [2.05, 4.69) is 19.9 Å². The standard InChI is InChI=1S/C25H27ClO3/c1-17(2)5-4-6-18(3)7-13-21-24(28)16-14-22(25(21)29)23(27)15-10-19-8-11-20(26)12-9-19/h5,7-12,14-16,28-29H,4,6,13H2,1-3H3. The molecule has 4 heteroatoms. The van der Waals surface area contributed by atoms with Gasteiger partial charge in [-0.15, -0.1) is 0 Å². The lowest BCUT2D eigenvalue weighted by Crippen LogP contribution is -1.98. The minimum Gasteiger partial charge on any atom is -0.508 e. The maximum absolute atomic E-state index is 12.5. The zero-order valence-corrected chi connectivity index (χ0v) is 17.8. The fraction of sp³-hybridized carbons (Fsp3) is 0.240. The third-order valence-electron chi connectivity index (χ3n) is 4.57. The molecule has 0 aliphatic carbocycles. The van der Waals surface area contributed by atoms with Crippen LogP contribution in [-0.4, -0.2) is 16.0 Å². The summed E-state index contributed by atoms with van der Waals surface area (Å²) in [6.45, 7) is 6.16. The fourth-order valence-corrected chi connectivity index (χ4v) is 2.95. The number of aromatic hydroxyl groups is 2. The van der Waals surface area contributed by atoms with Gasteiger partial charge >= 0.3 is 0 Å². The van der Waals surface area contributed by atoms with E-state index in [1.807, 2.05) is 13.0 Å². The first-order chi connectivity index (χ1) is 13.8. The number of benzene rings is 2. The Morgan fingerprint density at radius 3 is 2.34 bits per heavy atom. The van der Waals surface area contributed by atoms with Crippen LogP contribution in [0.4, 0.5) is 0 Å². The van der Waals surface area contributed by atoms with Crippen LogP contribution in [-0.2, 0) is 6.42 Å². The Kier molecular flexibility index (Phi) is 8.29. The molecule has 2 N–H and O–H groups in total. The molecule has 152 valence electrons. The number of carbonyl (C=O) groups is 1. The highest BCUT2D eigenvalue weighted by atomic mass is 35.5. The first-order valence-electron chi connectivity index (χ1n) is 9.58. The normalized spacial score (nSPS) is 11.7. The van der Waals surface area contributed by atoms with Crippen LogP contribution in [0, 0.1) is 0 Å². The fourth-order valence-electron chi connectivity index (χ4n) is 2.83. The lowest BCUT2D eigenvalue weighted by molar-refractivity contribution is 0.104. The summed E-state index contributed by atoms with van der Waals surface area (Å²) >= 11 is 5.86. The van der Waals surface area contributed by atoms with Crippen LogP contribution in [0.5, 0.6) is 11.5 Å². The highest BCUT2D eigenvalue weighted by Gasteiger charge is 2.15. The monoisotopic (exact) mass is 410 g/mol. The molecule has 0 saturated carbocycles. The van der Waals surface area contributed by atoms with E-state index in [0.29, 0.717) is 17.0 Å². The number of rotatable bonds is 8. The molecule has 0 bridgehead atoms. The average molecular weight is 411 g/mol. The second-order valence-corrected chi connectivity index (χ2v) is 7.72. The van der Waals surface area contributed by atoms with Gasteiger partial charge < -0.3 is 10.2 Å². The molecule has 2 aromatic carbocycles. The van der Waals surface area contributed by atoms with Crippen molar-refractivity contribution >= 4 is 23.5 Å². The van der Waals surface area contributed by atoms with Crippen LogP contribution in [0.3, 0.4) is 0 Å². The number of phenols is 2. The second kappa shape index (κ2) is 10.7. The lowest BCUT2D eigenvalue weighted by Gasteiger charge is -2.09. The van der Waals surface area contributed by atoms with Crippen molar-refractivity contribution in [1.29, 1.82) is 0 Å². The highest BCUT2D eigenvalue weighted by molar-refractivity contribution is 6.30. The van der Waals surface area contributed by atoms with E-state index in [9.17, 15) is 15.0 Å². The molecule has 0 heterocycles. The van der Waals surface area contributed by atoms with Gasteiger partial charge in [0.15, 0.2) is 5.78 Å². The van der Waals surface area contributed by atoms with E-state index >= 15 is 0 Å². The molecule has 0 atom stereocenters. The van der Waals surface area contributed by atoms with Crippen molar-refractivity contribution in [3.63, 3.8) is 0 Å². The Morgan fingerprint density at radius 2 is 1.69 bits per heavy atom. The number of carbonyl (C=O) groups excluding carboxylic acids is 1. The van der Waals surface area contributed by atoms with Gasteiger partial charge in [0.2, 0.25) is 0 Å². The quantitative estimate of drug-likeness (QED) is 0.283. The van der Waals surface area contributed by atoms with E-state index in [-0.39, 0.29) is 22.8 Å². The average Bonchev–Trinajstić information content (AvgIpc) is 2.67. The number of allylic oxidation sites excluding steroid dienone is 5. The van der Waals surface area contributed by atoms with Crippen LogP contribution < -0.4 is 0 Å². The van der Waals surface area contributed by atoms with Crippen LogP contribution in [0.25, 0.3) is 6.08 Å². The Hall–Kier alpha value is -2.78. The number of phenolic OH excluding ortho intramolecular Hbond substituents is 2. The smallest absolute Gasteiger partial charge is 0.189 e. The number of hydrogen-bond donors (Lipinski definition) is 2. The molecule has 0 aromatic heterocycles. The third kappa shape index (κ3) is 6.95. The molecule has 3 nitrogen and oxygen atoms in total. The molecule has 0 fully saturated rings. The van der Waals surface area contributed by atoms with E-state index in [1.54, 1.807) is 30.3 Å². The van der Waals surface area contributed by atoms with Crippen molar-refractivity contribution < 1.29 is 15.0 Å². The summed E-state index contributed by atoms with van der Waals surface area (Å²) < 4.78 is 0. The minimum absolute atomic E-state index is 0.0194. The van der Waals surface area contributed by atoms with E-state index in [1.165, 1.54) is 29.4 Å². The van der Waals surface area contributed by atoms with Crippen LogP contribution in [0.15, 0.2) is 65.8 Å². The van der Waals surface area contributed by atoms with Gasteiger partial charge in [0, 0.05) is 10.6 Å². The molecule has 2 rings (SSSR count). The third-order valence-corrected chi connectivity index (χ3v) is 4.82. The Balaban J connectivity index is 2.15. The summed E-state index contributed by atoms with van der Waals surface area (Å²) in [5, 5.41) is 21.3. The number of ketones is 1. The van der Waals surface area contributed by atoms with E-state index < -0.39 is 0 Å². The first kappa shape index (κ1) is 22.5.